The van der Waals surface area contributed by atoms with E-state index >= 15 is 0 Å². The fraction of sp³-hybridized carbons (Fsp3) is 0.360. The lowest BCUT2D eigenvalue weighted by atomic mass is 9.90. The number of amides is 2. The Morgan fingerprint density at radius 2 is 1.66 bits per heavy atom. The smallest absolute Gasteiger partial charge is 0.326 e. The first kappa shape index (κ1) is 23.2. The summed E-state index contributed by atoms with van der Waals surface area (Å²) in [5.41, 5.74) is -0.175. The quantitative estimate of drug-likeness (QED) is 0.629. The van der Waals surface area contributed by atoms with Gasteiger partial charge in [0.25, 0.3) is 5.91 Å². The maximum absolute atomic E-state index is 13.5. The molecule has 0 spiro atoms. The van der Waals surface area contributed by atoms with Crippen molar-refractivity contribution in [2.45, 2.75) is 50.6 Å². The SMILES string of the molecule is C[C@](CC(=O)CCc1ccccc1)(NC(=O)c1ccccc1)C(=O)N1CCC[C@H]1C(=O)O. The van der Waals surface area contributed by atoms with E-state index in [0.29, 0.717) is 24.8 Å². The molecule has 2 aromatic carbocycles. The van der Waals surface area contributed by atoms with Gasteiger partial charge in [-0.1, -0.05) is 48.5 Å². The summed E-state index contributed by atoms with van der Waals surface area (Å²) in [7, 11) is 0. The number of aryl methyl sites for hydroxylation is 1. The van der Waals surface area contributed by atoms with Crippen LogP contribution in [0, 0.1) is 0 Å². The first-order chi connectivity index (χ1) is 15.3. The molecule has 1 saturated heterocycles. The van der Waals surface area contributed by atoms with Crippen molar-refractivity contribution >= 4 is 23.6 Å². The number of hydrogen-bond donors (Lipinski definition) is 2. The maximum atomic E-state index is 13.5. The lowest BCUT2D eigenvalue weighted by Crippen LogP contribution is -2.60. The predicted octanol–water partition coefficient (Wildman–Crippen LogP) is 2.84. The van der Waals surface area contributed by atoms with E-state index in [1.165, 1.54) is 11.8 Å². The summed E-state index contributed by atoms with van der Waals surface area (Å²) in [5.74, 6) is -2.28. The molecule has 0 radical (unpaired) electrons. The topological polar surface area (TPSA) is 104 Å². The molecule has 0 aromatic heterocycles. The predicted molar refractivity (Wildman–Crippen MR) is 119 cm³/mol. The summed E-state index contributed by atoms with van der Waals surface area (Å²) in [5, 5.41) is 12.2. The third-order valence-corrected chi connectivity index (χ3v) is 5.78. The molecule has 0 unspecified atom stereocenters. The number of carbonyl (C=O) groups is 4. The highest BCUT2D eigenvalue weighted by atomic mass is 16.4. The van der Waals surface area contributed by atoms with Crippen molar-refractivity contribution in [3.05, 3.63) is 71.8 Å². The number of carbonyl (C=O) groups excluding carboxylic acids is 3. The van der Waals surface area contributed by atoms with Crippen molar-refractivity contribution < 1.29 is 24.3 Å². The number of nitrogens with one attached hydrogen (secondary N) is 1. The Bertz CT molecular complexity index is 976. The van der Waals surface area contributed by atoms with Crippen LogP contribution in [-0.2, 0) is 20.8 Å². The van der Waals surface area contributed by atoms with Crippen molar-refractivity contribution in [2.75, 3.05) is 6.54 Å². The monoisotopic (exact) mass is 436 g/mol. The zero-order valence-electron chi connectivity index (χ0n) is 18.1. The molecule has 2 aromatic rings. The minimum Gasteiger partial charge on any atom is -0.480 e. The van der Waals surface area contributed by atoms with Crippen LogP contribution in [-0.4, -0.2) is 51.7 Å². The number of carboxylic acid groups (broad SMARTS) is 1. The normalized spacial score (nSPS) is 17.4. The second-order valence-corrected chi connectivity index (χ2v) is 8.35. The molecule has 1 aliphatic rings. The van der Waals surface area contributed by atoms with Crippen molar-refractivity contribution in [3.63, 3.8) is 0 Å². The number of aliphatic carboxylic acids is 1. The van der Waals surface area contributed by atoms with Crippen LogP contribution in [0.3, 0.4) is 0 Å². The van der Waals surface area contributed by atoms with Gasteiger partial charge in [-0.05, 0) is 43.9 Å². The van der Waals surface area contributed by atoms with Gasteiger partial charge in [0.1, 0.15) is 17.4 Å². The standard InChI is InChI=1S/C25H28N2O5/c1-25(26-22(29)19-11-6-3-7-12-19,24(32)27-16-8-13-21(27)23(30)31)17-20(28)15-14-18-9-4-2-5-10-18/h2-7,9-12,21H,8,13-17H2,1H3,(H,26,29)(H,30,31)/t21-,25+/m0/s1. The third-order valence-electron chi connectivity index (χ3n) is 5.78. The van der Waals surface area contributed by atoms with Gasteiger partial charge in [-0.25, -0.2) is 4.79 Å². The van der Waals surface area contributed by atoms with E-state index in [1.54, 1.807) is 30.3 Å². The molecule has 0 saturated carbocycles. The molecule has 1 fully saturated rings. The van der Waals surface area contributed by atoms with Crippen LogP contribution in [0.25, 0.3) is 0 Å². The fourth-order valence-electron chi connectivity index (χ4n) is 4.08. The van der Waals surface area contributed by atoms with Crippen molar-refractivity contribution in [1.29, 1.82) is 0 Å². The molecule has 2 N–H and O–H groups in total. The molecular weight excluding hydrogens is 408 g/mol. The summed E-state index contributed by atoms with van der Waals surface area (Å²) < 4.78 is 0. The van der Waals surface area contributed by atoms with Gasteiger partial charge in [0.15, 0.2) is 0 Å². The van der Waals surface area contributed by atoms with Gasteiger partial charge < -0.3 is 15.3 Å². The second kappa shape index (κ2) is 10.2. The Hall–Kier alpha value is -3.48. The number of hydrogen-bond acceptors (Lipinski definition) is 4. The second-order valence-electron chi connectivity index (χ2n) is 8.35. The molecule has 3 rings (SSSR count). The minimum absolute atomic E-state index is 0.177. The number of likely N-dealkylation sites (tertiary alicyclic amines) is 1. The Morgan fingerprint density at radius 3 is 2.28 bits per heavy atom. The molecule has 2 atom stereocenters. The molecule has 32 heavy (non-hydrogen) atoms. The zero-order valence-corrected chi connectivity index (χ0v) is 18.1. The molecule has 0 bridgehead atoms. The minimum atomic E-state index is -1.54. The molecular formula is C25H28N2O5. The van der Waals surface area contributed by atoms with E-state index in [1.807, 2.05) is 30.3 Å². The van der Waals surface area contributed by atoms with E-state index in [2.05, 4.69) is 5.32 Å². The molecule has 1 aliphatic heterocycles. The van der Waals surface area contributed by atoms with E-state index < -0.39 is 29.4 Å². The first-order valence-electron chi connectivity index (χ1n) is 10.8. The molecule has 0 aliphatic carbocycles. The van der Waals surface area contributed by atoms with Gasteiger partial charge in [-0.3, -0.25) is 14.4 Å². The van der Waals surface area contributed by atoms with Crippen LogP contribution in [0.4, 0.5) is 0 Å². The Balaban J connectivity index is 1.79. The Morgan fingerprint density at radius 1 is 1.03 bits per heavy atom. The fourth-order valence-corrected chi connectivity index (χ4v) is 4.08. The van der Waals surface area contributed by atoms with Crippen molar-refractivity contribution in [2.24, 2.45) is 0 Å². The van der Waals surface area contributed by atoms with Gasteiger partial charge in [-0.2, -0.15) is 0 Å². The molecule has 7 heteroatoms. The number of ketones is 1. The van der Waals surface area contributed by atoms with Crippen LogP contribution in [0.1, 0.15) is 48.5 Å². The van der Waals surface area contributed by atoms with Crippen molar-refractivity contribution in [3.8, 4) is 0 Å². The summed E-state index contributed by atoms with van der Waals surface area (Å²) in [6.45, 7) is 1.79. The number of benzene rings is 2. The summed E-state index contributed by atoms with van der Waals surface area (Å²) >= 11 is 0. The largest absolute Gasteiger partial charge is 0.480 e. The number of carboxylic acids is 1. The number of nitrogens with zero attached hydrogens (tertiary/aromatic N) is 1. The van der Waals surface area contributed by atoms with E-state index in [4.69, 9.17) is 0 Å². The van der Waals surface area contributed by atoms with E-state index in [0.717, 1.165) is 5.56 Å². The lowest BCUT2D eigenvalue weighted by molar-refractivity contribution is -0.151. The van der Waals surface area contributed by atoms with Gasteiger partial charge in [-0.15, -0.1) is 0 Å². The van der Waals surface area contributed by atoms with Crippen LogP contribution >= 0.6 is 0 Å². The highest BCUT2D eigenvalue weighted by molar-refractivity contribution is 6.02. The molecule has 1 heterocycles. The zero-order chi connectivity index (χ0) is 23.1. The number of Topliss-reactive ketones (excluding diaryl/α,β-unsaturated/α-hetero) is 1. The highest BCUT2D eigenvalue weighted by Crippen LogP contribution is 2.25. The molecule has 2 amide bonds. The molecule has 7 nitrogen and oxygen atoms in total. The third kappa shape index (κ3) is 5.60. The highest BCUT2D eigenvalue weighted by Gasteiger charge is 2.45. The Kier molecular flexibility index (Phi) is 7.41. The lowest BCUT2D eigenvalue weighted by Gasteiger charge is -2.35. The number of rotatable bonds is 9. The Labute approximate surface area is 187 Å². The van der Waals surface area contributed by atoms with Gasteiger partial charge in [0.05, 0.1) is 0 Å². The summed E-state index contributed by atoms with van der Waals surface area (Å²) in [4.78, 5) is 52.0. The van der Waals surface area contributed by atoms with Crippen LogP contribution < -0.4 is 5.32 Å². The van der Waals surface area contributed by atoms with Crippen LogP contribution in [0.2, 0.25) is 0 Å². The summed E-state index contributed by atoms with van der Waals surface area (Å²) in [6, 6.07) is 17.0. The van der Waals surface area contributed by atoms with Gasteiger partial charge >= 0.3 is 5.97 Å². The van der Waals surface area contributed by atoms with Crippen LogP contribution in [0.5, 0.6) is 0 Å². The average molecular weight is 437 g/mol. The maximum Gasteiger partial charge on any atom is 0.326 e. The average Bonchev–Trinajstić information content (AvgIpc) is 3.28. The summed E-state index contributed by atoms with van der Waals surface area (Å²) in [6.07, 6.45) is 1.45. The van der Waals surface area contributed by atoms with E-state index in [9.17, 15) is 24.3 Å². The van der Waals surface area contributed by atoms with Crippen molar-refractivity contribution in [1.82, 2.24) is 10.2 Å². The van der Waals surface area contributed by atoms with Gasteiger partial charge in [0, 0.05) is 24.9 Å². The van der Waals surface area contributed by atoms with Gasteiger partial charge in [0.2, 0.25) is 5.91 Å². The van der Waals surface area contributed by atoms with E-state index in [-0.39, 0.29) is 25.2 Å². The van der Waals surface area contributed by atoms with Crippen LogP contribution in [0.15, 0.2) is 60.7 Å². The molecule has 168 valence electrons. The first-order valence-corrected chi connectivity index (χ1v) is 10.8.